The minimum atomic E-state index is -2.69. The van der Waals surface area contributed by atoms with Crippen molar-refractivity contribution in [1.82, 2.24) is 0 Å². The average molecular weight is 435 g/mol. The molecule has 2 aromatic carbocycles. The zero-order valence-corrected chi connectivity index (χ0v) is 17.6. The van der Waals surface area contributed by atoms with Crippen LogP contribution in [0.25, 0.3) is 0 Å². The van der Waals surface area contributed by atoms with Gasteiger partial charge in [-0.2, -0.15) is 0 Å². The van der Waals surface area contributed by atoms with Gasteiger partial charge in [-0.1, -0.05) is 25.6 Å². The van der Waals surface area contributed by atoms with Gasteiger partial charge in [0.05, 0.1) is 12.9 Å². The molecule has 6 nitrogen and oxygen atoms in total. The number of methoxy groups -OCH3 is 1. The van der Waals surface area contributed by atoms with E-state index in [0.717, 1.165) is 18.3 Å². The van der Waals surface area contributed by atoms with Crippen LogP contribution in [-0.2, 0) is 15.5 Å². The molecular formula is C21H24F2N4O2S. The van der Waals surface area contributed by atoms with Crippen LogP contribution in [-0.4, -0.2) is 22.8 Å². The molecule has 0 heterocycles. The van der Waals surface area contributed by atoms with E-state index in [9.17, 15) is 13.0 Å². The lowest BCUT2D eigenvalue weighted by Gasteiger charge is -2.13. The molecular weight excluding hydrogens is 410 g/mol. The Labute approximate surface area is 175 Å². The first-order valence-electron chi connectivity index (χ1n) is 8.98. The van der Waals surface area contributed by atoms with Gasteiger partial charge >= 0.3 is 0 Å². The van der Waals surface area contributed by atoms with Gasteiger partial charge in [-0.25, -0.2) is 18.0 Å². The number of nitrogens with two attached hydrogens (primary N) is 1. The molecule has 0 fully saturated rings. The number of rotatable bonds is 9. The van der Waals surface area contributed by atoms with Crippen LogP contribution in [0.3, 0.4) is 0 Å². The topological polar surface area (TPSA) is 101 Å². The summed E-state index contributed by atoms with van der Waals surface area (Å²) in [5, 5.41) is 2.93. The highest BCUT2D eigenvalue weighted by molar-refractivity contribution is 7.91. The third-order valence-electron chi connectivity index (χ3n) is 4.12. The first-order chi connectivity index (χ1) is 14.2. The molecule has 0 amide bonds. The fourth-order valence-corrected chi connectivity index (χ4v) is 3.54. The lowest BCUT2D eigenvalue weighted by atomic mass is 10.1. The van der Waals surface area contributed by atoms with Crippen LogP contribution in [0.2, 0.25) is 0 Å². The van der Waals surface area contributed by atoms with Crippen LogP contribution in [0.5, 0.6) is 5.75 Å². The van der Waals surface area contributed by atoms with Crippen LogP contribution in [0.1, 0.15) is 18.1 Å². The van der Waals surface area contributed by atoms with E-state index in [1.807, 2.05) is 0 Å². The summed E-state index contributed by atoms with van der Waals surface area (Å²) < 4.78 is 52.9. The van der Waals surface area contributed by atoms with E-state index in [0.29, 0.717) is 11.3 Å². The molecule has 9 heteroatoms. The van der Waals surface area contributed by atoms with Gasteiger partial charge in [-0.15, -0.1) is 0 Å². The lowest BCUT2D eigenvalue weighted by Crippen LogP contribution is -2.09. The van der Waals surface area contributed by atoms with E-state index in [1.54, 1.807) is 31.2 Å². The summed E-state index contributed by atoms with van der Waals surface area (Å²) in [5.41, 5.74) is 6.64. The normalized spacial score (nSPS) is 14.1. The van der Waals surface area contributed by atoms with Gasteiger partial charge in [0, 0.05) is 39.0 Å². The highest BCUT2D eigenvalue weighted by Crippen LogP contribution is 2.25. The van der Waals surface area contributed by atoms with Crippen molar-refractivity contribution in [2.45, 2.75) is 12.7 Å². The summed E-state index contributed by atoms with van der Waals surface area (Å²) in [4.78, 5) is 4.16. The molecule has 0 saturated heterocycles. The van der Waals surface area contributed by atoms with Gasteiger partial charge in [0.25, 0.3) is 0 Å². The van der Waals surface area contributed by atoms with Crippen molar-refractivity contribution in [3.8, 4) is 5.75 Å². The molecule has 30 heavy (non-hydrogen) atoms. The number of halogens is 2. The Bertz CT molecular complexity index is 1100. The Morgan fingerprint density at radius 2 is 2.10 bits per heavy atom. The third kappa shape index (κ3) is 6.15. The SMILES string of the molecule is C=C(N=C(/C(F)=C\N)c1ccc(F)cc1OC)Nc1cccc(CS(=N)(=O)CC)c1. The Hall–Kier alpha value is -3.20. The summed E-state index contributed by atoms with van der Waals surface area (Å²) in [5.74, 6) is -0.822. The van der Waals surface area contributed by atoms with Crippen LogP contribution in [0.15, 0.2) is 71.9 Å². The maximum absolute atomic E-state index is 14.4. The second-order valence-corrected chi connectivity index (χ2v) is 8.83. The molecule has 0 aliphatic heterocycles. The van der Waals surface area contributed by atoms with E-state index in [4.69, 9.17) is 15.3 Å². The second kappa shape index (κ2) is 10.0. The molecule has 0 bridgehead atoms. The molecule has 1 atom stereocenters. The Kier molecular flexibility index (Phi) is 7.71. The second-order valence-electron chi connectivity index (χ2n) is 6.34. The van der Waals surface area contributed by atoms with Crippen molar-refractivity contribution in [1.29, 1.82) is 4.78 Å². The summed E-state index contributed by atoms with van der Waals surface area (Å²) >= 11 is 0. The van der Waals surface area contributed by atoms with Gasteiger partial charge in [0.15, 0.2) is 5.83 Å². The van der Waals surface area contributed by atoms with E-state index in [2.05, 4.69) is 16.9 Å². The number of benzene rings is 2. The van der Waals surface area contributed by atoms with Crippen molar-refractivity contribution in [2.75, 3.05) is 18.2 Å². The van der Waals surface area contributed by atoms with E-state index < -0.39 is 21.4 Å². The van der Waals surface area contributed by atoms with Crippen molar-refractivity contribution >= 4 is 21.1 Å². The fourth-order valence-electron chi connectivity index (χ4n) is 2.62. The predicted octanol–water partition coefficient (Wildman–Crippen LogP) is 4.54. The Morgan fingerprint density at radius 1 is 1.37 bits per heavy atom. The monoisotopic (exact) mass is 434 g/mol. The lowest BCUT2D eigenvalue weighted by molar-refractivity contribution is 0.410. The molecule has 2 rings (SSSR count). The van der Waals surface area contributed by atoms with Crippen molar-refractivity contribution in [3.63, 3.8) is 0 Å². The number of hydrogen-bond donors (Lipinski definition) is 3. The molecule has 0 spiro atoms. The number of ether oxygens (including phenoxy) is 1. The van der Waals surface area contributed by atoms with Gasteiger partial charge in [0.1, 0.15) is 23.1 Å². The number of allylic oxidation sites excluding steroid dienone is 1. The molecule has 160 valence electrons. The number of aliphatic imine (C=N–C) groups is 1. The van der Waals surface area contributed by atoms with E-state index in [1.165, 1.54) is 13.2 Å². The van der Waals surface area contributed by atoms with Crippen molar-refractivity contribution in [2.24, 2.45) is 10.7 Å². The zero-order valence-electron chi connectivity index (χ0n) is 16.7. The molecule has 0 aliphatic carbocycles. The maximum Gasteiger partial charge on any atom is 0.165 e. The minimum Gasteiger partial charge on any atom is -0.496 e. The molecule has 2 aromatic rings. The Balaban J connectivity index is 2.34. The van der Waals surface area contributed by atoms with Crippen LogP contribution in [0.4, 0.5) is 14.5 Å². The van der Waals surface area contributed by atoms with Crippen LogP contribution < -0.4 is 15.8 Å². The highest BCUT2D eigenvalue weighted by Gasteiger charge is 2.16. The van der Waals surface area contributed by atoms with Crippen LogP contribution >= 0.6 is 0 Å². The number of nitrogens with one attached hydrogen (secondary N) is 2. The number of hydrogen-bond acceptors (Lipinski definition) is 6. The smallest absolute Gasteiger partial charge is 0.165 e. The quantitative estimate of drug-likeness (QED) is 0.504. The highest BCUT2D eigenvalue weighted by atomic mass is 32.2. The standard InChI is InChI=1S/C21H24F2N4O2S/c1-4-30(25,28)13-15-6-5-7-17(10-15)26-14(2)27-21(19(23)12-24)18-9-8-16(22)11-20(18)29-3/h5-12,25-26H,2,4,13,24H2,1,3H3/b19-12+,27-21?. The first-order valence-corrected chi connectivity index (χ1v) is 10.9. The van der Waals surface area contributed by atoms with Crippen LogP contribution in [0, 0.1) is 10.6 Å². The van der Waals surface area contributed by atoms with E-state index >= 15 is 0 Å². The number of anilines is 1. The van der Waals surface area contributed by atoms with E-state index in [-0.39, 0.29) is 34.4 Å². The molecule has 0 saturated carbocycles. The first kappa shape index (κ1) is 23.1. The number of nitrogens with zero attached hydrogens (tertiary/aromatic N) is 1. The zero-order chi connectivity index (χ0) is 22.3. The maximum atomic E-state index is 14.4. The third-order valence-corrected chi connectivity index (χ3v) is 5.85. The fraction of sp³-hybridized carbons (Fsp3) is 0.190. The van der Waals surface area contributed by atoms with Crippen molar-refractivity contribution < 1.29 is 17.7 Å². The van der Waals surface area contributed by atoms with Crippen molar-refractivity contribution in [3.05, 3.63) is 83.8 Å². The summed E-state index contributed by atoms with van der Waals surface area (Å²) in [6.07, 6.45) is 0.741. The Morgan fingerprint density at radius 3 is 2.73 bits per heavy atom. The molecule has 0 aliphatic rings. The molecule has 0 aromatic heterocycles. The van der Waals surface area contributed by atoms with Gasteiger partial charge in [-0.3, -0.25) is 4.78 Å². The largest absolute Gasteiger partial charge is 0.496 e. The average Bonchev–Trinajstić information content (AvgIpc) is 2.71. The van der Waals surface area contributed by atoms with Gasteiger partial charge in [0.2, 0.25) is 0 Å². The summed E-state index contributed by atoms with van der Waals surface area (Å²) in [6.45, 7) is 5.49. The van der Waals surface area contributed by atoms with Gasteiger partial charge < -0.3 is 15.8 Å². The molecule has 1 unspecified atom stereocenters. The minimum absolute atomic E-state index is 0.0883. The summed E-state index contributed by atoms with van der Waals surface area (Å²) in [6, 6.07) is 10.6. The molecule has 0 radical (unpaired) electrons. The summed E-state index contributed by atoms with van der Waals surface area (Å²) in [7, 11) is -1.36. The predicted molar refractivity (Wildman–Crippen MR) is 117 cm³/mol. The van der Waals surface area contributed by atoms with Gasteiger partial charge in [-0.05, 0) is 29.8 Å². The molecule has 4 N–H and O–H groups in total.